The summed E-state index contributed by atoms with van der Waals surface area (Å²) in [6, 6.07) is 8.49. The first-order chi connectivity index (χ1) is 12.2. The highest BCUT2D eigenvalue weighted by Gasteiger charge is 2.50. The minimum absolute atomic E-state index is 0.194. The van der Waals surface area contributed by atoms with Gasteiger partial charge in [0.2, 0.25) is 5.76 Å². The maximum absolute atomic E-state index is 12.4. The van der Waals surface area contributed by atoms with Gasteiger partial charge in [0, 0.05) is 24.2 Å². The molecule has 130 valence electrons. The fourth-order valence-electron chi connectivity index (χ4n) is 3.76. The first kappa shape index (κ1) is 16.2. The first-order valence-electron chi connectivity index (χ1n) is 8.91. The Labute approximate surface area is 146 Å². The normalized spacial score (nSPS) is 19.5. The minimum atomic E-state index is -0.604. The number of esters is 1. The van der Waals surface area contributed by atoms with E-state index in [0.717, 1.165) is 44.3 Å². The van der Waals surface area contributed by atoms with E-state index in [1.807, 2.05) is 12.1 Å². The van der Waals surface area contributed by atoms with Gasteiger partial charge in [0.25, 0.3) is 0 Å². The molecule has 1 aromatic carbocycles. The molecule has 2 aliphatic rings. The van der Waals surface area contributed by atoms with Gasteiger partial charge in [0.1, 0.15) is 5.58 Å². The molecular formula is C20H21NO4. The molecule has 0 atom stereocenters. The summed E-state index contributed by atoms with van der Waals surface area (Å²) in [6.45, 7) is 3.60. The zero-order valence-electron chi connectivity index (χ0n) is 14.3. The number of benzene rings is 1. The lowest BCUT2D eigenvalue weighted by Gasteiger charge is -2.22. The fourth-order valence-corrected chi connectivity index (χ4v) is 3.76. The topological polar surface area (TPSA) is 72.5 Å². The Bertz CT molecular complexity index is 850. The van der Waals surface area contributed by atoms with E-state index < -0.39 is 11.4 Å². The Kier molecular flexibility index (Phi) is 4.01. The van der Waals surface area contributed by atoms with Gasteiger partial charge in [-0.2, -0.15) is 5.26 Å². The summed E-state index contributed by atoms with van der Waals surface area (Å²) in [6.07, 6.45) is 3.50. The molecule has 4 rings (SSSR count). The number of hydrogen-bond acceptors (Lipinski definition) is 5. The number of fused-ring (bicyclic) bond motifs is 1. The van der Waals surface area contributed by atoms with Crippen molar-refractivity contribution < 1.29 is 18.7 Å². The van der Waals surface area contributed by atoms with Crippen LogP contribution < -0.4 is 0 Å². The van der Waals surface area contributed by atoms with E-state index in [9.17, 15) is 10.1 Å². The molecule has 2 fully saturated rings. The van der Waals surface area contributed by atoms with Crippen LogP contribution in [-0.2, 0) is 14.9 Å². The van der Waals surface area contributed by atoms with Crippen LogP contribution in [0.3, 0.4) is 0 Å². The molecule has 0 unspecified atom stereocenters. The van der Waals surface area contributed by atoms with Crippen LogP contribution in [0.1, 0.15) is 60.2 Å². The third-order valence-electron chi connectivity index (χ3n) is 5.31. The van der Waals surface area contributed by atoms with Gasteiger partial charge in [0.15, 0.2) is 0 Å². The fraction of sp³-hybridized carbons (Fsp3) is 0.500. The lowest BCUT2D eigenvalue weighted by molar-refractivity contribution is 0.0490. The number of nitrogens with zero attached hydrogens (tertiary/aromatic N) is 1. The van der Waals surface area contributed by atoms with Crippen molar-refractivity contribution in [2.45, 2.75) is 43.9 Å². The van der Waals surface area contributed by atoms with Crippen molar-refractivity contribution in [3.63, 3.8) is 0 Å². The van der Waals surface area contributed by atoms with E-state index >= 15 is 0 Å². The van der Waals surface area contributed by atoms with Crippen LogP contribution in [0.15, 0.2) is 22.6 Å². The number of carbonyl (C=O) groups is 1. The van der Waals surface area contributed by atoms with E-state index in [-0.39, 0.29) is 12.4 Å². The molecule has 1 aliphatic heterocycles. The van der Waals surface area contributed by atoms with E-state index in [2.05, 4.69) is 12.1 Å². The Morgan fingerprint density at radius 1 is 1.36 bits per heavy atom. The lowest BCUT2D eigenvalue weighted by Crippen LogP contribution is -2.14. The Morgan fingerprint density at radius 3 is 2.76 bits per heavy atom. The standard InChI is InChI=1S/C20H21NO4/c1-2-24-19(22)18-17(20(12-21)7-8-20)15-4-3-14(11-16(15)25-18)13-5-9-23-10-6-13/h3-4,11,13H,2,5-10H2,1H3. The SMILES string of the molecule is CCOC(=O)c1oc2cc(C3CCOCC3)ccc2c1C1(C#N)CC1. The number of hydrogen-bond donors (Lipinski definition) is 0. The maximum atomic E-state index is 12.4. The monoisotopic (exact) mass is 339 g/mol. The van der Waals surface area contributed by atoms with Crippen LogP contribution in [0.2, 0.25) is 0 Å². The van der Waals surface area contributed by atoms with Crippen LogP contribution in [0.5, 0.6) is 0 Å². The quantitative estimate of drug-likeness (QED) is 0.786. The van der Waals surface area contributed by atoms with E-state index in [1.165, 1.54) is 5.56 Å². The summed E-state index contributed by atoms with van der Waals surface area (Å²) in [5.41, 5.74) is 1.98. The molecule has 0 bridgehead atoms. The molecule has 25 heavy (non-hydrogen) atoms. The van der Waals surface area contributed by atoms with Gasteiger partial charge in [-0.1, -0.05) is 12.1 Å². The predicted octanol–water partition coefficient (Wildman–Crippen LogP) is 4.06. The molecule has 1 saturated heterocycles. The van der Waals surface area contributed by atoms with Gasteiger partial charge < -0.3 is 13.9 Å². The average Bonchev–Trinajstić information content (AvgIpc) is 3.35. The van der Waals surface area contributed by atoms with E-state index in [4.69, 9.17) is 13.9 Å². The highest BCUT2D eigenvalue weighted by molar-refractivity contribution is 5.98. The highest BCUT2D eigenvalue weighted by Crippen LogP contribution is 2.52. The molecule has 0 radical (unpaired) electrons. The molecule has 1 aliphatic carbocycles. The molecule has 1 saturated carbocycles. The zero-order valence-corrected chi connectivity index (χ0v) is 14.3. The van der Waals surface area contributed by atoms with Gasteiger partial charge in [-0.3, -0.25) is 0 Å². The lowest BCUT2D eigenvalue weighted by atomic mass is 9.89. The van der Waals surface area contributed by atoms with Gasteiger partial charge in [-0.15, -0.1) is 0 Å². The molecule has 1 aromatic heterocycles. The Morgan fingerprint density at radius 2 is 2.12 bits per heavy atom. The van der Waals surface area contributed by atoms with Crippen LogP contribution in [-0.4, -0.2) is 25.8 Å². The third kappa shape index (κ3) is 2.71. The van der Waals surface area contributed by atoms with Gasteiger partial charge in [0.05, 0.1) is 18.1 Å². The largest absolute Gasteiger partial charge is 0.460 e. The van der Waals surface area contributed by atoms with Crippen molar-refractivity contribution in [2.24, 2.45) is 0 Å². The van der Waals surface area contributed by atoms with Crippen LogP contribution in [0.4, 0.5) is 0 Å². The molecule has 5 nitrogen and oxygen atoms in total. The van der Waals surface area contributed by atoms with Crippen LogP contribution in [0, 0.1) is 11.3 Å². The molecule has 2 heterocycles. The minimum Gasteiger partial charge on any atom is -0.460 e. The highest BCUT2D eigenvalue weighted by atomic mass is 16.5. The number of ether oxygens (including phenoxy) is 2. The van der Waals surface area contributed by atoms with Crippen molar-refractivity contribution in [1.29, 1.82) is 5.26 Å². The summed E-state index contributed by atoms with van der Waals surface area (Å²) in [7, 11) is 0. The second-order valence-electron chi connectivity index (χ2n) is 6.86. The molecular weight excluding hydrogens is 318 g/mol. The molecule has 0 N–H and O–H groups in total. The molecule has 5 heteroatoms. The van der Waals surface area contributed by atoms with E-state index in [0.29, 0.717) is 17.1 Å². The summed E-state index contributed by atoms with van der Waals surface area (Å²) < 4.78 is 16.5. The Hall–Kier alpha value is -2.32. The first-order valence-corrected chi connectivity index (χ1v) is 8.91. The smallest absolute Gasteiger partial charge is 0.374 e. The summed E-state index contributed by atoms with van der Waals surface area (Å²) in [5, 5.41) is 10.5. The van der Waals surface area contributed by atoms with Crippen LogP contribution >= 0.6 is 0 Å². The number of furan rings is 1. The second-order valence-corrected chi connectivity index (χ2v) is 6.86. The summed E-state index contributed by atoms with van der Waals surface area (Å²) in [4.78, 5) is 12.4. The molecule has 0 amide bonds. The summed E-state index contributed by atoms with van der Waals surface area (Å²) >= 11 is 0. The second kappa shape index (κ2) is 6.20. The average molecular weight is 339 g/mol. The van der Waals surface area contributed by atoms with Crippen molar-refractivity contribution in [3.8, 4) is 6.07 Å². The van der Waals surface area contributed by atoms with Gasteiger partial charge >= 0.3 is 5.97 Å². The molecule has 0 spiro atoms. The van der Waals surface area contributed by atoms with Crippen LogP contribution in [0.25, 0.3) is 11.0 Å². The number of nitriles is 1. The van der Waals surface area contributed by atoms with Crippen molar-refractivity contribution in [2.75, 3.05) is 19.8 Å². The van der Waals surface area contributed by atoms with Crippen molar-refractivity contribution >= 4 is 16.9 Å². The van der Waals surface area contributed by atoms with Gasteiger partial charge in [-0.25, -0.2) is 4.79 Å². The van der Waals surface area contributed by atoms with Gasteiger partial charge in [-0.05, 0) is 50.2 Å². The third-order valence-corrected chi connectivity index (χ3v) is 5.31. The van der Waals surface area contributed by atoms with Crippen molar-refractivity contribution in [1.82, 2.24) is 0 Å². The Balaban J connectivity index is 1.81. The predicted molar refractivity (Wildman–Crippen MR) is 91.5 cm³/mol. The molecule has 2 aromatic rings. The van der Waals surface area contributed by atoms with E-state index in [1.54, 1.807) is 6.92 Å². The van der Waals surface area contributed by atoms with Crippen molar-refractivity contribution in [3.05, 3.63) is 35.1 Å². The zero-order chi connectivity index (χ0) is 17.4. The number of rotatable bonds is 4. The summed E-state index contributed by atoms with van der Waals surface area (Å²) in [5.74, 6) is 0.159. The number of carbonyl (C=O) groups excluding carboxylic acids is 1. The maximum Gasteiger partial charge on any atom is 0.374 e.